The lowest BCUT2D eigenvalue weighted by atomic mass is 10.0. The topological polar surface area (TPSA) is 44.8 Å². The molecule has 0 aromatic rings. The fourth-order valence-corrected chi connectivity index (χ4v) is 3.17. The van der Waals surface area contributed by atoms with Gasteiger partial charge in [0.05, 0.1) is 24.8 Å². The molecule has 0 bridgehead atoms. The van der Waals surface area contributed by atoms with Gasteiger partial charge in [0.15, 0.2) is 0 Å². The first-order chi connectivity index (χ1) is 7.43. The molecule has 1 heterocycles. The molecule has 16 heavy (non-hydrogen) atoms. The zero-order chi connectivity index (χ0) is 12.2. The molecule has 0 spiro atoms. The summed E-state index contributed by atoms with van der Waals surface area (Å²) in [6.07, 6.45) is 3.07. The van der Waals surface area contributed by atoms with E-state index in [1.54, 1.807) is 20.1 Å². The van der Waals surface area contributed by atoms with Crippen LogP contribution in [0.2, 0.25) is 0 Å². The summed E-state index contributed by atoms with van der Waals surface area (Å²) >= 11 is 0. The summed E-state index contributed by atoms with van der Waals surface area (Å²) in [7, 11) is -3.12. The number of allylic oxidation sites excluding steroid dienone is 1. The van der Waals surface area contributed by atoms with Gasteiger partial charge >= 0.3 is 7.60 Å². The number of ether oxygens (including phenoxy) is 1. The molecular formula is C11H21O4P. The van der Waals surface area contributed by atoms with E-state index in [0.717, 1.165) is 6.42 Å². The van der Waals surface area contributed by atoms with Crippen molar-refractivity contribution in [2.24, 2.45) is 0 Å². The minimum Gasteiger partial charge on any atom is -0.495 e. The highest BCUT2D eigenvalue weighted by molar-refractivity contribution is 7.58. The van der Waals surface area contributed by atoms with Crippen molar-refractivity contribution in [3.8, 4) is 0 Å². The van der Waals surface area contributed by atoms with E-state index in [-0.39, 0.29) is 5.60 Å². The van der Waals surface area contributed by atoms with E-state index in [1.165, 1.54) is 0 Å². The molecule has 0 radical (unpaired) electrons. The smallest absolute Gasteiger partial charge is 0.360 e. The van der Waals surface area contributed by atoms with E-state index in [1.807, 2.05) is 13.8 Å². The molecule has 1 aliphatic rings. The first kappa shape index (κ1) is 13.8. The lowest BCUT2D eigenvalue weighted by molar-refractivity contribution is 0.0368. The Morgan fingerprint density at radius 2 is 1.94 bits per heavy atom. The maximum Gasteiger partial charge on any atom is 0.360 e. The van der Waals surface area contributed by atoms with Gasteiger partial charge in [-0.2, -0.15) is 0 Å². The molecule has 0 saturated heterocycles. The van der Waals surface area contributed by atoms with Crippen LogP contribution in [0, 0.1) is 0 Å². The van der Waals surface area contributed by atoms with Crippen LogP contribution in [-0.2, 0) is 18.3 Å². The second kappa shape index (κ2) is 5.35. The third-order valence-electron chi connectivity index (χ3n) is 2.45. The molecule has 0 aliphatic carbocycles. The van der Waals surface area contributed by atoms with Gasteiger partial charge < -0.3 is 13.8 Å². The van der Waals surface area contributed by atoms with E-state index >= 15 is 0 Å². The van der Waals surface area contributed by atoms with E-state index in [2.05, 4.69) is 0 Å². The molecule has 0 unspecified atom stereocenters. The zero-order valence-electron chi connectivity index (χ0n) is 10.5. The maximum absolute atomic E-state index is 12.4. The Balaban J connectivity index is 2.81. The van der Waals surface area contributed by atoms with Crippen molar-refractivity contribution in [2.75, 3.05) is 13.2 Å². The van der Waals surface area contributed by atoms with Crippen molar-refractivity contribution in [1.82, 2.24) is 0 Å². The van der Waals surface area contributed by atoms with Crippen molar-refractivity contribution in [2.45, 2.75) is 46.1 Å². The minimum atomic E-state index is -3.12. The predicted octanol–water partition coefficient (Wildman–Crippen LogP) is 3.68. The normalized spacial score (nSPS) is 20.1. The Morgan fingerprint density at radius 3 is 2.31 bits per heavy atom. The summed E-state index contributed by atoms with van der Waals surface area (Å²) in [5.41, 5.74) is -0.188. The molecule has 0 atom stereocenters. The predicted molar refractivity (Wildman–Crippen MR) is 63.3 cm³/mol. The second-order valence-electron chi connectivity index (χ2n) is 4.32. The van der Waals surface area contributed by atoms with Gasteiger partial charge in [0.1, 0.15) is 5.60 Å². The number of hydrogen-bond acceptors (Lipinski definition) is 4. The van der Waals surface area contributed by atoms with Crippen LogP contribution in [-0.4, -0.2) is 18.8 Å². The monoisotopic (exact) mass is 248 g/mol. The summed E-state index contributed by atoms with van der Waals surface area (Å²) in [6, 6.07) is 0. The van der Waals surface area contributed by atoms with Crippen LogP contribution in [0.1, 0.15) is 40.5 Å². The average molecular weight is 248 g/mol. The van der Waals surface area contributed by atoms with Crippen LogP contribution in [0.4, 0.5) is 0 Å². The standard InChI is InChI=1S/C11H21O4P/c1-5-14-16(12,15-6-2)10-7-8-11(3,4)13-9-10/h9H,5-8H2,1-4H3. The molecule has 1 aliphatic heterocycles. The van der Waals surface area contributed by atoms with Crippen molar-refractivity contribution in [3.05, 3.63) is 11.6 Å². The van der Waals surface area contributed by atoms with Crippen LogP contribution in [0.5, 0.6) is 0 Å². The molecule has 5 heteroatoms. The van der Waals surface area contributed by atoms with Gasteiger partial charge in [-0.05, 0) is 40.5 Å². The van der Waals surface area contributed by atoms with Gasteiger partial charge in [-0.15, -0.1) is 0 Å². The van der Waals surface area contributed by atoms with Gasteiger partial charge in [0.2, 0.25) is 0 Å². The average Bonchev–Trinajstić information content (AvgIpc) is 2.17. The summed E-state index contributed by atoms with van der Waals surface area (Å²) in [5, 5.41) is 0.649. The molecule has 94 valence electrons. The van der Waals surface area contributed by atoms with Gasteiger partial charge in [0.25, 0.3) is 0 Å². The molecule has 0 N–H and O–H groups in total. The van der Waals surface area contributed by atoms with Gasteiger partial charge in [0, 0.05) is 0 Å². The van der Waals surface area contributed by atoms with E-state index in [4.69, 9.17) is 13.8 Å². The highest BCUT2D eigenvalue weighted by Gasteiger charge is 2.35. The second-order valence-corrected chi connectivity index (χ2v) is 6.41. The third-order valence-corrected chi connectivity index (χ3v) is 4.68. The molecular weight excluding hydrogens is 227 g/mol. The molecule has 0 saturated carbocycles. The maximum atomic E-state index is 12.4. The number of hydrogen-bond donors (Lipinski definition) is 0. The summed E-state index contributed by atoms with van der Waals surface area (Å²) in [6.45, 7) is 8.37. The number of rotatable bonds is 5. The third kappa shape index (κ3) is 3.34. The van der Waals surface area contributed by atoms with Crippen LogP contribution in [0.15, 0.2) is 11.6 Å². The van der Waals surface area contributed by atoms with Gasteiger partial charge in [-0.25, -0.2) is 0 Å². The van der Waals surface area contributed by atoms with Gasteiger partial charge in [-0.1, -0.05) is 0 Å². The Kier molecular flexibility index (Phi) is 4.60. The molecule has 4 nitrogen and oxygen atoms in total. The van der Waals surface area contributed by atoms with Crippen molar-refractivity contribution >= 4 is 7.60 Å². The summed E-state index contributed by atoms with van der Waals surface area (Å²) < 4.78 is 28.4. The van der Waals surface area contributed by atoms with Crippen molar-refractivity contribution in [3.63, 3.8) is 0 Å². The highest BCUT2D eigenvalue weighted by atomic mass is 31.2. The lowest BCUT2D eigenvalue weighted by Crippen LogP contribution is -2.25. The largest absolute Gasteiger partial charge is 0.495 e. The Hall–Kier alpha value is -0.310. The Bertz CT molecular complexity index is 299. The summed E-state index contributed by atoms with van der Waals surface area (Å²) in [5.74, 6) is 0. The van der Waals surface area contributed by atoms with Crippen molar-refractivity contribution in [1.29, 1.82) is 0 Å². The molecule has 0 amide bonds. The fourth-order valence-electron chi connectivity index (χ4n) is 1.52. The van der Waals surface area contributed by atoms with E-state index in [0.29, 0.717) is 24.9 Å². The van der Waals surface area contributed by atoms with Crippen LogP contribution < -0.4 is 0 Å². The highest BCUT2D eigenvalue weighted by Crippen LogP contribution is 2.59. The van der Waals surface area contributed by atoms with E-state index in [9.17, 15) is 4.57 Å². The summed E-state index contributed by atoms with van der Waals surface area (Å²) in [4.78, 5) is 0. The first-order valence-electron chi connectivity index (χ1n) is 5.70. The quantitative estimate of drug-likeness (QED) is 0.696. The Labute approximate surface area is 97.5 Å². The fraction of sp³-hybridized carbons (Fsp3) is 0.818. The lowest BCUT2D eigenvalue weighted by Gasteiger charge is -2.31. The van der Waals surface area contributed by atoms with Gasteiger partial charge in [-0.3, -0.25) is 4.57 Å². The van der Waals surface area contributed by atoms with E-state index < -0.39 is 7.60 Å². The van der Waals surface area contributed by atoms with Crippen LogP contribution >= 0.6 is 7.60 Å². The van der Waals surface area contributed by atoms with Crippen LogP contribution in [0.25, 0.3) is 0 Å². The van der Waals surface area contributed by atoms with Crippen molar-refractivity contribution < 1.29 is 18.3 Å². The zero-order valence-corrected chi connectivity index (χ0v) is 11.4. The Morgan fingerprint density at radius 1 is 1.38 bits per heavy atom. The minimum absolute atomic E-state index is 0.188. The molecule has 0 aromatic heterocycles. The molecule has 0 aromatic carbocycles. The molecule has 1 rings (SSSR count). The SMILES string of the molecule is CCOP(=O)(OCC)C1=COC(C)(C)CC1. The first-order valence-corrected chi connectivity index (χ1v) is 7.24. The van der Waals surface area contributed by atoms with Crippen LogP contribution in [0.3, 0.4) is 0 Å². The molecule has 0 fully saturated rings.